The molecule has 0 radical (unpaired) electrons. The highest BCUT2D eigenvalue weighted by Crippen LogP contribution is 2.67. The summed E-state index contributed by atoms with van der Waals surface area (Å²) >= 11 is 0. The summed E-state index contributed by atoms with van der Waals surface area (Å²) in [5, 5.41) is 9.54. The molecule has 2 aliphatic carbocycles. The summed E-state index contributed by atoms with van der Waals surface area (Å²) in [5.41, 5.74) is 2.39. The van der Waals surface area contributed by atoms with Gasteiger partial charge in [-0.05, 0) is 42.4 Å². The van der Waals surface area contributed by atoms with E-state index in [1.165, 1.54) is 19.3 Å². The van der Waals surface area contributed by atoms with Gasteiger partial charge in [-0.15, -0.1) is 6.58 Å². The van der Waals surface area contributed by atoms with Gasteiger partial charge in [0.1, 0.15) is 0 Å². The van der Waals surface area contributed by atoms with Crippen molar-refractivity contribution in [2.75, 3.05) is 0 Å². The minimum Gasteiger partial charge on any atom is -0.389 e. The molecule has 0 heterocycles. The molecule has 0 aromatic carbocycles. The number of hydrogen-bond acceptors (Lipinski definition) is 1. The zero-order valence-corrected chi connectivity index (χ0v) is 10.8. The van der Waals surface area contributed by atoms with E-state index in [1.807, 2.05) is 0 Å². The Morgan fingerprint density at radius 3 is 2.62 bits per heavy atom. The SMILES string of the molecule is C=CC(O)C/C=C1/C[C@H]2CC[C@]1(C)C2(C)C. The lowest BCUT2D eigenvalue weighted by Gasteiger charge is -2.35. The van der Waals surface area contributed by atoms with Gasteiger partial charge in [-0.1, -0.05) is 38.5 Å². The molecule has 2 bridgehead atoms. The molecule has 1 nitrogen and oxygen atoms in total. The van der Waals surface area contributed by atoms with Crippen molar-refractivity contribution in [3.8, 4) is 0 Å². The minimum absolute atomic E-state index is 0.374. The molecule has 0 saturated heterocycles. The molecule has 90 valence electrons. The Morgan fingerprint density at radius 1 is 1.50 bits per heavy atom. The van der Waals surface area contributed by atoms with Crippen LogP contribution in [0.3, 0.4) is 0 Å². The van der Waals surface area contributed by atoms with Gasteiger partial charge < -0.3 is 5.11 Å². The summed E-state index contributed by atoms with van der Waals surface area (Å²) in [6, 6.07) is 0. The predicted molar refractivity (Wildman–Crippen MR) is 68.1 cm³/mol. The van der Waals surface area contributed by atoms with Crippen LogP contribution in [-0.4, -0.2) is 11.2 Å². The van der Waals surface area contributed by atoms with Crippen LogP contribution in [0.25, 0.3) is 0 Å². The quantitative estimate of drug-likeness (QED) is 0.719. The van der Waals surface area contributed by atoms with E-state index in [2.05, 4.69) is 33.4 Å². The largest absolute Gasteiger partial charge is 0.389 e. The summed E-state index contributed by atoms with van der Waals surface area (Å²) in [5.74, 6) is 0.852. The molecule has 2 rings (SSSR count). The van der Waals surface area contributed by atoms with E-state index in [1.54, 1.807) is 11.6 Å². The number of rotatable bonds is 3. The average molecular weight is 220 g/mol. The monoisotopic (exact) mass is 220 g/mol. The molecular weight excluding hydrogens is 196 g/mol. The Morgan fingerprint density at radius 2 is 2.19 bits per heavy atom. The van der Waals surface area contributed by atoms with Crippen LogP contribution in [0.2, 0.25) is 0 Å². The third-order valence-corrected chi connectivity index (χ3v) is 5.49. The topological polar surface area (TPSA) is 20.2 Å². The Labute approximate surface area is 99.3 Å². The maximum atomic E-state index is 9.54. The first-order valence-electron chi connectivity index (χ1n) is 6.42. The number of aliphatic hydroxyl groups excluding tert-OH is 1. The third kappa shape index (κ3) is 1.48. The number of aliphatic hydroxyl groups is 1. The molecule has 2 saturated carbocycles. The van der Waals surface area contributed by atoms with Crippen LogP contribution in [0.5, 0.6) is 0 Å². The van der Waals surface area contributed by atoms with Gasteiger partial charge in [0.05, 0.1) is 6.10 Å². The number of hydrogen-bond donors (Lipinski definition) is 1. The second-order valence-corrected chi connectivity index (χ2v) is 6.26. The van der Waals surface area contributed by atoms with E-state index >= 15 is 0 Å². The van der Waals surface area contributed by atoms with Crippen molar-refractivity contribution in [2.24, 2.45) is 16.7 Å². The number of fused-ring (bicyclic) bond motifs is 2. The first-order valence-corrected chi connectivity index (χ1v) is 6.42. The van der Waals surface area contributed by atoms with Crippen LogP contribution in [0.15, 0.2) is 24.3 Å². The highest BCUT2D eigenvalue weighted by atomic mass is 16.3. The summed E-state index contributed by atoms with van der Waals surface area (Å²) in [4.78, 5) is 0. The maximum absolute atomic E-state index is 9.54. The molecule has 0 aromatic heterocycles. The highest BCUT2D eigenvalue weighted by molar-refractivity contribution is 5.29. The van der Waals surface area contributed by atoms with Crippen LogP contribution in [-0.2, 0) is 0 Å². The van der Waals surface area contributed by atoms with Crippen LogP contribution >= 0.6 is 0 Å². The minimum atomic E-state index is -0.377. The van der Waals surface area contributed by atoms with Crippen LogP contribution in [0, 0.1) is 16.7 Å². The van der Waals surface area contributed by atoms with Gasteiger partial charge in [0.25, 0.3) is 0 Å². The molecule has 0 amide bonds. The van der Waals surface area contributed by atoms with Crippen LogP contribution in [0.1, 0.15) is 46.5 Å². The second kappa shape index (κ2) is 3.73. The van der Waals surface area contributed by atoms with Crippen molar-refractivity contribution in [3.63, 3.8) is 0 Å². The van der Waals surface area contributed by atoms with Gasteiger partial charge >= 0.3 is 0 Å². The molecule has 1 unspecified atom stereocenters. The fraction of sp³-hybridized carbons (Fsp3) is 0.733. The molecule has 3 atom stereocenters. The first kappa shape index (κ1) is 11.9. The van der Waals surface area contributed by atoms with Crippen molar-refractivity contribution in [1.29, 1.82) is 0 Å². The zero-order valence-electron chi connectivity index (χ0n) is 10.8. The highest BCUT2D eigenvalue weighted by Gasteiger charge is 2.58. The molecule has 0 aromatic rings. The van der Waals surface area contributed by atoms with E-state index in [0.29, 0.717) is 10.8 Å². The van der Waals surface area contributed by atoms with E-state index in [0.717, 1.165) is 12.3 Å². The predicted octanol–water partition coefficient (Wildman–Crippen LogP) is 3.70. The van der Waals surface area contributed by atoms with Crippen molar-refractivity contribution in [2.45, 2.75) is 52.6 Å². The zero-order chi connectivity index (χ0) is 12.0. The average Bonchev–Trinajstić information content (AvgIpc) is 2.58. The Bertz CT molecular complexity index is 326. The lowest BCUT2D eigenvalue weighted by atomic mass is 9.69. The molecule has 0 aliphatic heterocycles. The molecule has 16 heavy (non-hydrogen) atoms. The summed E-state index contributed by atoms with van der Waals surface area (Å²) in [6.45, 7) is 10.9. The molecule has 0 spiro atoms. The standard InChI is InChI=1S/C15H24O/c1-5-13(16)7-6-12-10-11-8-9-15(12,4)14(11,2)3/h5-6,11,13,16H,1,7-10H2,2-4H3/b12-6-/t11-,13?,15+/m1/s1. The number of allylic oxidation sites excluding steroid dienone is 1. The molecule has 2 fully saturated rings. The van der Waals surface area contributed by atoms with E-state index in [-0.39, 0.29) is 6.10 Å². The van der Waals surface area contributed by atoms with Gasteiger partial charge in [-0.3, -0.25) is 0 Å². The normalized spacial score (nSPS) is 40.2. The summed E-state index contributed by atoms with van der Waals surface area (Å²) < 4.78 is 0. The van der Waals surface area contributed by atoms with Crippen molar-refractivity contribution in [3.05, 3.63) is 24.3 Å². The van der Waals surface area contributed by atoms with Crippen molar-refractivity contribution < 1.29 is 5.11 Å². The summed E-state index contributed by atoms with van der Waals surface area (Å²) in [7, 11) is 0. The van der Waals surface area contributed by atoms with Crippen LogP contribution in [0.4, 0.5) is 0 Å². The van der Waals surface area contributed by atoms with Crippen molar-refractivity contribution in [1.82, 2.24) is 0 Å². The van der Waals surface area contributed by atoms with Gasteiger partial charge in [-0.25, -0.2) is 0 Å². The fourth-order valence-corrected chi connectivity index (χ4v) is 3.69. The Balaban J connectivity index is 2.18. The van der Waals surface area contributed by atoms with Crippen molar-refractivity contribution >= 4 is 0 Å². The van der Waals surface area contributed by atoms with Gasteiger partial charge in [-0.2, -0.15) is 0 Å². The lowest BCUT2D eigenvalue weighted by molar-refractivity contribution is 0.178. The molecule has 1 heteroatoms. The van der Waals surface area contributed by atoms with E-state index in [9.17, 15) is 5.11 Å². The Hall–Kier alpha value is -0.560. The fourth-order valence-electron chi connectivity index (χ4n) is 3.69. The third-order valence-electron chi connectivity index (χ3n) is 5.49. The first-order chi connectivity index (χ1) is 7.41. The molecule has 1 N–H and O–H groups in total. The second-order valence-electron chi connectivity index (χ2n) is 6.26. The molecule has 2 aliphatic rings. The van der Waals surface area contributed by atoms with Gasteiger partial charge in [0.2, 0.25) is 0 Å². The molecular formula is C15H24O. The summed E-state index contributed by atoms with van der Waals surface area (Å²) in [6.07, 6.45) is 8.19. The van der Waals surface area contributed by atoms with Gasteiger partial charge in [0.15, 0.2) is 0 Å². The van der Waals surface area contributed by atoms with E-state index < -0.39 is 0 Å². The van der Waals surface area contributed by atoms with Gasteiger partial charge in [0, 0.05) is 0 Å². The van der Waals surface area contributed by atoms with Crippen LogP contribution < -0.4 is 0 Å². The lowest BCUT2D eigenvalue weighted by Crippen LogP contribution is -2.28. The Kier molecular flexibility index (Phi) is 2.78. The maximum Gasteiger partial charge on any atom is 0.0752 e. The smallest absolute Gasteiger partial charge is 0.0752 e. The van der Waals surface area contributed by atoms with E-state index in [4.69, 9.17) is 0 Å².